The van der Waals surface area contributed by atoms with Crippen LogP contribution in [-0.2, 0) is 6.42 Å². The summed E-state index contributed by atoms with van der Waals surface area (Å²) < 4.78 is 0. The number of hydrogen-bond acceptors (Lipinski definition) is 3. The molecule has 0 fully saturated rings. The second-order valence-corrected chi connectivity index (χ2v) is 6.22. The molecule has 4 heteroatoms. The molecule has 4 N–H and O–H groups in total. The van der Waals surface area contributed by atoms with Gasteiger partial charge in [-0.15, -0.1) is 0 Å². The predicted octanol–water partition coefficient (Wildman–Crippen LogP) is 2.82. The quantitative estimate of drug-likeness (QED) is 0.335. The first-order valence-corrected chi connectivity index (χ1v) is 7.34. The standard InChI is InChI=1S/C16H25N3O/c1-16(2,15(17)19-20)10-11-18-14-9-5-7-12-6-3-4-8-13(12)14/h3-4,6,8,14,18,20H,5,7,9-11H2,1-2H3,(H2,17,19). The number of nitrogens with two attached hydrogens (primary N) is 1. The fraction of sp³-hybridized carbons (Fsp3) is 0.562. The molecule has 1 aromatic carbocycles. The van der Waals surface area contributed by atoms with Crippen LogP contribution in [0.3, 0.4) is 0 Å². The zero-order valence-corrected chi connectivity index (χ0v) is 12.4. The van der Waals surface area contributed by atoms with Crippen LogP contribution in [0.5, 0.6) is 0 Å². The SMILES string of the molecule is CC(C)(CCNC1CCCc2ccccc21)C(N)=NO. The van der Waals surface area contributed by atoms with Gasteiger partial charge in [-0.1, -0.05) is 43.3 Å². The maximum atomic E-state index is 8.79. The van der Waals surface area contributed by atoms with Gasteiger partial charge >= 0.3 is 0 Å². The molecule has 110 valence electrons. The molecule has 0 saturated carbocycles. The Morgan fingerprint density at radius 2 is 2.20 bits per heavy atom. The van der Waals surface area contributed by atoms with Gasteiger partial charge in [0.25, 0.3) is 0 Å². The first-order chi connectivity index (χ1) is 9.54. The lowest BCUT2D eigenvalue weighted by Gasteiger charge is -2.29. The van der Waals surface area contributed by atoms with Crippen molar-refractivity contribution < 1.29 is 5.21 Å². The van der Waals surface area contributed by atoms with Gasteiger partial charge in [0.2, 0.25) is 0 Å². The summed E-state index contributed by atoms with van der Waals surface area (Å²) in [6, 6.07) is 9.11. The lowest BCUT2D eigenvalue weighted by molar-refractivity contribution is 0.303. The molecule has 1 unspecified atom stereocenters. The molecule has 0 saturated heterocycles. The zero-order chi connectivity index (χ0) is 14.6. The largest absolute Gasteiger partial charge is 0.409 e. The Labute approximate surface area is 121 Å². The van der Waals surface area contributed by atoms with Crippen LogP contribution < -0.4 is 11.1 Å². The Bertz CT molecular complexity index is 482. The summed E-state index contributed by atoms with van der Waals surface area (Å²) in [5.41, 5.74) is 8.33. The van der Waals surface area contributed by atoms with Gasteiger partial charge in [-0.3, -0.25) is 0 Å². The molecular formula is C16H25N3O. The molecule has 0 spiro atoms. The summed E-state index contributed by atoms with van der Waals surface area (Å²) in [4.78, 5) is 0. The van der Waals surface area contributed by atoms with Crippen molar-refractivity contribution in [1.82, 2.24) is 5.32 Å². The first kappa shape index (κ1) is 14.9. The molecule has 2 rings (SSSR count). The van der Waals surface area contributed by atoms with Crippen LogP contribution in [0.2, 0.25) is 0 Å². The van der Waals surface area contributed by atoms with Crippen LogP contribution in [0.25, 0.3) is 0 Å². The van der Waals surface area contributed by atoms with E-state index in [-0.39, 0.29) is 5.41 Å². The lowest BCUT2D eigenvalue weighted by Crippen LogP contribution is -2.36. The fourth-order valence-corrected chi connectivity index (χ4v) is 2.79. The van der Waals surface area contributed by atoms with Crippen molar-refractivity contribution in [3.8, 4) is 0 Å². The summed E-state index contributed by atoms with van der Waals surface area (Å²) in [5.74, 6) is 0.295. The van der Waals surface area contributed by atoms with Gasteiger partial charge in [-0.25, -0.2) is 0 Å². The van der Waals surface area contributed by atoms with Crippen molar-refractivity contribution in [3.63, 3.8) is 0 Å². The van der Waals surface area contributed by atoms with E-state index in [2.05, 4.69) is 34.7 Å². The molecule has 0 radical (unpaired) electrons. The average Bonchev–Trinajstić information content (AvgIpc) is 2.46. The molecule has 0 amide bonds. The smallest absolute Gasteiger partial charge is 0.144 e. The Kier molecular flexibility index (Phi) is 4.65. The van der Waals surface area contributed by atoms with Crippen molar-refractivity contribution in [3.05, 3.63) is 35.4 Å². The van der Waals surface area contributed by atoms with Gasteiger partial charge in [0, 0.05) is 11.5 Å². The van der Waals surface area contributed by atoms with Gasteiger partial charge in [-0.05, 0) is 43.4 Å². The van der Waals surface area contributed by atoms with Gasteiger partial charge < -0.3 is 16.3 Å². The third kappa shape index (κ3) is 3.31. The number of rotatable bonds is 5. The number of benzene rings is 1. The van der Waals surface area contributed by atoms with E-state index >= 15 is 0 Å². The Morgan fingerprint density at radius 1 is 1.45 bits per heavy atom. The number of aryl methyl sites for hydroxylation is 1. The number of fused-ring (bicyclic) bond motifs is 1. The first-order valence-electron chi connectivity index (χ1n) is 7.34. The van der Waals surface area contributed by atoms with E-state index in [9.17, 15) is 0 Å². The number of oxime groups is 1. The highest BCUT2D eigenvalue weighted by Crippen LogP contribution is 2.30. The molecule has 1 aromatic rings. The van der Waals surface area contributed by atoms with Crippen LogP contribution in [0, 0.1) is 5.41 Å². The zero-order valence-electron chi connectivity index (χ0n) is 12.4. The summed E-state index contributed by atoms with van der Waals surface area (Å²) in [7, 11) is 0. The maximum Gasteiger partial charge on any atom is 0.144 e. The molecule has 0 aliphatic heterocycles. The molecule has 1 atom stereocenters. The third-order valence-electron chi connectivity index (χ3n) is 4.31. The Morgan fingerprint density at radius 3 is 2.95 bits per heavy atom. The van der Waals surface area contributed by atoms with Crippen molar-refractivity contribution in [2.75, 3.05) is 6.54 Å². The van der Waals surface area contributed by atoms with Crippen LogP contribution in [0.15, 0.2) is 29.4 Å². The van der Waals surface area contributed by atoms with Crippen molar-refractivity contribution in [1.29, 1.82) is 0 Å². The van der Waals surface area contributed by atoms with Gasteiger partial charge in [-0.2, -0.15) is 0 Å². The summed E-state index contributed by atoms with van der Waals surface area (Å²) in [6.45, 7) is 4.86. The van der Waals surface area contributed by atoms with Crippen LogP contribution in [0.1, 0.15) is 50.3 Å². The van der Waals surface area contributed by atoms with Gasteiger partial charge in [0.05, 0.1) is 0 Å². The second kappa shape index (κ2) is 6.27. The highest BCUT2D eigenvalue weighted by Gasteiger charge is 2.24. The van der Waals surface area contributed by atoms with Crippen molar-refractivity contribution >= 4 is 5.84 Å². The maximum absolute atomic E-state index is 8.79. The van der Waals surface area contributed by atoms with E-state index in [1.807, 2.05) is 13.8 Å². The second-order valence-electron chi connectivity index (χ2n) is 6.22. The van der Waals surface area contributed by atoms with Crippen LogP contribution in [-0.4, -0.2) is 17.6 Å². The minimum absolute atomic E-state index is 0.282. The number of hydrogen-bond donors (Lipinski definition) is 3. The molecule has 20 heavy (non-hydrogen) atoms. The highest BCUT2D eigenvalue weighted by molar-refractivity contribution is 5.85. The minimum atomic E-state index is -0.282. The van der Waals surface area contributed by atoms with Gasteiger partial charge in [0.1, 0.15) is 5.84 Å². The average molecular weight is 275 g/mol. The van der Waals surface area contributed by atoms with E-state index in [0.717, 1.165) is 13.0 Å². The molecule has 0 bridgehead atoms. The number of nitrogens with one attached hydrogen (secondary N) is 1. The molecular weight excluding hydrogens is 250 g/mol. The number of amidine groups is 1. The Hall–Kier alpha value is -1.55. The predicted molar refractivity (Wildman–Crippen MR) is 81.9 cm³/mol. The molecule has 0 heterocycles. The number of nitrogens with zero attached hydrogens (tertiary/aromatic N) is 1. The summed E-state index contributed by atoms with van der Waals surface area (Å²) >= 11 is 0. The van der Waals surface area contributed by atoms with E-state index in [1.165, 1.54) is 30.4 Å². The van der Waals surface area contributed by atoms with E-state index in [1.54, 1.807) is 0 Å². The highest BCUT2D eigenvalue weighted by atomic mass is 16.4. The van der Waals surface area contributed by atoms with Crippen LogP contribution in [0.4, 0.5) is 0 Å². The van der Waals surface area contributed by atoms with E-state index < -0.39 is 0 Å². The lowest BCUT2D eigenvalue weighted by atomic mass is 9.86. The van der Waals surface area contributed by atoms with Gasteiger partial charge in [0.15, 0.2) is 0 Å². The summed E-state index contributed by atoms with van der Waals surface area (Å²) in [6.07, 6.45) is 4.45. The molecule has 1 aliphatic rings. The normalized spacial score (nSPS) is 19.7. The minimum Gasteiger partial charge on any atom is -0.409 e. The molecule has 0 aromatic heterocycles. The molecule has 1 aliphatic carbocycles. The van der Waals surface area contributed by atoms with Crippen LogP contribution >= 0.6 is 0 Å². The monoisotopic (exact) mass is 275 g/mol. The summed E-state index contributed by atoms with van der Waals surface area (Å²) in [5, 5.41) is 15.5. The van der Waals surface area contributed by atoms with Crippen molar-refractivity contribution in [2.45, 2.75) is 45.6 Å². The fourth-order valence-electron chi connectivity index (χ4n) is 2.79. The molecule has 4 nitrogen and oxygen atoms in total. The van der Waals surface area contributed by atoms with E-state index in [0.29, 0.717) is 11.9 Å². The Balaban J connectivity index is 1.93. The third-order valence-corrected chi connectivity index (χ3v) is 4.31. The van der Waals surface area contributed by atoms with Crippen molar-refractivity contribution in [2.24, 2.45) is 16.3 Å². The topological polar surface area (TPSA) is 70.6 Å². The van der Waals surface area contributed by atoms with E-state index in [4.69, 9.17) is 10.9 Å².